The van der Waals surface area contributed by atoms with Gasteiger partial charge in [-0.2, -0.15) is 4.31 Å². The van der Waals surface area contributed by atoms with Crippen molar-refractivity contribution < 1.29 is 8.42 Å². The van der Waals surface area contributed by atoms with E-state index in [0.717, 1.165) is 19.4 Å². The number of anilines is 1. The number of rotatable bonds is 5. The summed E-state index contributed by atoms with van der Waals surface area (Å²) < 4.78 is 27.0. The van der Waals surface area contributed by atoms with Gasteiger partial charge < -0.3 is 10.2 Å². The molecular formula is C14H24N4O2S. The molecular weight excluding hydrogens is 288 g/mol. The van der Waals surface area contributed by atoms with Gasteiger partial charge in [-0.15, -0.1) is 0 Å². The predicted octanol–water partition coefficient (Wildman–Crippen LogP) is 1.09. The van der Waals surface area contributed by atoms with Gasteiger partial charge in [0.25, 0.3) is 0 Å². The Kier molecular flexibility index (Phi) is 5.18. The normalized spacial score (nSPS) is 18.1. The Hall–Kier alpha value is -1.18. The first-order chi connectivity index (χ1) is 9.95. The van der Waals surface area contributed by atoms with Gasteiger partial charge in [0, 0.05) is 39.1 Å². The molecule has 118 valence electrons. The fourth-order valence-corrected chi connectivity index (χ4v) is 4.39. The Balaban J connectivity index is 2.11. The zero-order valence-electron chi connectivity index (χ0n) is 12.9. The molecule has 0 saturated carbocycles. The van der Waals surface area contributed by atoms with Crippen LogP contribution in [0.2, 0.25) is 0 Å². The van der Waals surface area contributed by atoms with Crippen molar-refractivity contribution in [1.29, 1.82) is 0 Å². The van der Waals surface area contributed by atoms with E-state index in [1.807, 2.05) is 0 Å². The minimum atomic E-state index is -3.46. The maximum absolute atomic E-state index is 12.7. The van der Waals surface area contributed by atoms with Crippen molar-refractivity contribution in [1.82, 2.24) is 14.2 Å². The quantitative estimate of drug-likeness (QED) is 0.881. The minimum absolute atomic E-state index is 0.263. The summed E-state index contributed by atoms with van der Waals surface area (Å²) in [4.78, 5) is 6.38. The molecule has 1 N–H and O–H groups in total. The Morgan fingerprint density at radius 3 is 2.62 bits per heavy atom. The number of nitrogens with one attached hydrogen (secondary N) is 1. The molecule has 0 spiro atoms. The lowest BCUT2D eigenvalue weighted by molar-refractivity contribution is 0.225. The van der Waals surface area contributed by atoms with E-state index in [0.29, 0.717) is 24.7 Å². The van der Waals surface area contributed by atoms with Crippen molar-refractivity contribution in [3.05, 3.63) is 18.5 Å². The molecule has 0 aromatic carbocycles. The average molecular weight is 312 g/mol. The summed E-state index contributed by atoms with van der Waals surface area (Å²) in [6.45, 7) is 2.18. The van der Waals surface area contributed by atoms with Crippen LogP contribution < -0.4 is 5.32 Å². The smallest absolute Gasteiger partial charge is 0.246 e. The number of aromatic nitrogens is 1. The van der Waals surface area contributed by atoms with Crippen LogP contribution in [0.5, 0.6) is 0 Å². The molecule has 2 rings (SSSR count). The van der Waals surface area contributed by atoms with Gasteiger partial charge in [-0.05, 0) is 38.9 Å². The van der Waals surface area contributed by atoms with Crippen LogP contribution in [0.3, 0.4) is 0 Å². The van der Waals surface area contributed by atoms with Crippen LogP contribution in [0, 0.1) is 5.92 Å². The Morgan fingerprint density at radius 2 is 2.05 bits per heavy atom. The van der Waals surface area contributed by atoms with E-state index in [-0.39, 0.29) is 4.90 Å². The number of hydrogen-bond acceptors (Lipinski definition) is 5. The molecule has 1 aliphatic heterocycles. The van der Waals surface area contributed by atoms with Gasteiger partial charge in [-0.1, -0.05) is 0 Å². The van der Waals surface area contributed by atoms with Gasteiger partial charge in [0.1, 0.15) is 4.90 Å². The molecule has 1 fully saturated rings. The summed E-state index contributed by atoms with van der Waals surface area (Å²) in [6.07, 6.45) is 4.83. The Morgan fingerprint density at radius 1 is 1.38 bits per heavy atom. The third-order valence-electron chi connectivity index (χ3n) is 3.87. The minimum Gasteiger partial charge on any atom is -0.387 e. The monoisotopic (exact) mass is 312 g/mol. The molecule has 7 heteroatoms. The molecule has 0 amide bonds. The Bertz CT molecular complexity index is 566. The molecule has 0 unspecified atom stereocenters. The van der Waals surface area contributed by atoms with Gasteiger partial charge in [0.2, 0.25) is 10.0 Å². The first-order valence-electron chi connectivity index (χ1n) is 7.21. The highest BCUT2D eigenvalue weighted by Gasteiger charge is 2.31. The van der Waals surface area contributed by atoms with Crippen molar-refractivity contribution in [2.45, 2.75) is 17.7 Å². The molecule has 0 atom stereocenters. The third kappa shape index (κ3) is 3.72. The summed E-state index contributed by atoms with van der Waals surface area (Å²) in [5.74, 6) is 0.573. The van der Waals surface area contributed by atoms with Crippen LogP contribution in [0.15, 0.2) is 23.4 Å². The molecule has 1 saturated heterocycles. The standard InChI is InChI=1S/C14H24N4O2S/c1-15-13-4-7-16-10-14(13)21(19,20)18-8-5-12(6-9-18)11-17(2)3/h4,7,10,12H,5-6,8-9,11H2,1-3H3,(H,15,16). The molecule has 6 nitrogen and oxygen atoms in total. The van der Waals surface area contributed by atoms with Crippen LogP contribution >= 0.6 is 0 Å². The lowest BCUT2D eigenvalue weighted by Gasteiger charge is -2.32. The molecule has 0 aliphatic carbocycles. The summed E-state index contributed by atoms with van der Waals surface area (Å²) in [7, 11) is 2.36. The lowest BCUT2D eigenvalue weighted by atomic mass is 9.98. The zero-order valence-corrected chi connectivity index (χ0v) is 13.7. The van der Waals surface area contributed by atoms with Crippen LogP contribution in [0.25, 0.3) is 0 Å². The van der Waals surface area contributed by atoms with E-state index < -0.39 is 10.0 Å². The Labute approximate surface area is 127 Å². The predicted molar refractivity (Wildman–Crippen MR) is 83.8 cm³/mol. The number of pyridine rings is 1. The van der Waals surface area contributed by atoms with E-state index in [9.17, 15) is 8.42 Å². The first kappa shape index (κ1) is 16.2. The van der Waals surface area contributed by atoms with E-state index in [1.54, 1.807) is 23.6 Å². The summed E-state index contributed by atoms with van der Waals surface area (Å²) in [5, 5.41) is 2.92. The topological polar surface area (TPSA) is 65.5 Å². The number of nitrogens with zero attached hydrogens (tertiary/aromatic N) is 3. The second kappa shape index (κ2) is 6.72. The van der Waals surface area contributed by atoms with Crippen molar-refractivity contribution >= 4 is 15.7 Å². The molecule has 21 heavy (non-hydrogen) atoms. The fourth-order valence-electron chi connectivity index (χ4n) is 2.78. The van der Waals surface area contributed by atoms with Gasteiger partial charge in [0.15, 0.2) is 0 Å². The van der Waals surface area contributed by atoms with Gasteiger partial charge >= 0.3 is 0 Å². The van der Waals surface area contributed by atoms with Crippen molar-refractivity contribution in [3.8, 4) is 0 Å². The second-order valence-corrected chi connectivity index (χ2v) is 7.64. The van der Waals surface area contributed by atoms with Crippen LogP contribution in [0.4, 0.5) is 5.69 Å². The highest BCUT2D eigenvalue weighted by molar-refractivity contribution is 7.89. The highest BCUT2D eigenvalue weighted by Crippen LogP contribution is 2.27. The third-order valence-corrected chi connectivity index (χ3v) is 5.79. The largest absolute Gasteiger partial charge is 0.387 e. The summed E-state index contributed by atoms with van der Waals surface area (Å²) >= 11 is 0. The maximum atomic E-state index is 12.7. The van der Waals surface area contributed by atoms with Crippen molar-refractivity contribution in [2.75, 3.05) is 46.1 Å². The SMILES string of the molecule is CNc1ccncc1S(=O)(=O)N1CCC(CN(C)C)CC1. The molecule has 1 aromatic rings. The average Bonchev–Trinajstić information content (AvgIpc) is 2.47. The van der Waals surface area contributed by atoms with Crippen molar-refractivity contribution in [3.63, 3.8) is 0 Å². The molecule has 0 radical (unpaired) electrons. The van der Waals surface area contributed by atoms with Crippen LogP contribution in [0.1, 0.15) is 12.8 Å². The van der Waals surface area contributed by atoms with Crippen LogP contribution in [-0.4, -0.2) is 63.4 Å². The highest BCUT2D eigenvalue weighted by atomic mass is 32.2. The molecule has 0 bridgehead atoms. The maximum Gasteiger partial charge on any atom is 0.246 e. The second-order valence-electron chi connectivity index (χ2n) is 5.73. The zero-order chi connectivity index (χ0) is 15.5. The summed E-state index contributed by atoms with van der Waals surface area (Å²) in [5.41, 5.74) is 0.598. The van der Waals surface area contributed by atoms with Crippen LogP contribution in [-0.2, 0) is 10.0 Å². The lowest BCUT2D eigenvalue weighted by Crippen LogP contribution is -2.40. The van der Waals surface area contributed by atoms with Gasteiger partial charge in [-0.3, -0.25) is 4.98 Å². The number of hydrogen-bond donors (Lipinski definition) is 1. The fraction of sp³-hybridized carbons (Fsp3) is 0.643. The first-order valence-corrected chi connectivity index (χ1v) is 8.66. The summed E-state index contributed by atoms with van der Waals surface area (Å²) in [6, 6.07) is 1.69. The molecule has 1 aliphatic rings. The molecule has 2 heterocycles. The van der Waals surface area contributed by atoms with E-state index in [2.05, 4.69) is 29.3 Å². The van der Waals surface area contributed by atoms with Gasteiger partial charge in [0.05, 0.1) is 5.69 Å². The number of sulfonamides is 1. The van der Waals surface area contributed by atoms with E-state index >= 15 is 0 Å². The van der Waals surface area contributed by atoms with E-state index in [1.165, 1.54) is 6.20 Å². The molecule has 1 aromatic heterocycles. The van der Waals surface area contributed by atoms with Crippen molar-refractivity contribution in [2.24, 2.45) is 5.92 Å². The van der Waals surface area contributed by atoms with E-state index in [4.69, 9.17) is 0 Å². The number of piperidine rings is 1. The van der Waals surface area contributed by atoms with Gasteiger partial charge in [-0.25, -0.2) is 8.42 Å².